The van der Waals surface area contributed by atoms with Crippen LogP contribution in [0.25, 0.3) is 0 Å². The molecule has 2 aromatic rings. The Morgan fingerprint density at radius 3 is 3.05 bits per heavy atom. The molecule has 4 nitrogen and oxygen atoms in total. The highest BCUT2D eigenvalue weighted by molar-refractivity contribution is 7.13. The summed E-state index contributed by atoms with van der Waals surface area (Å²) in [7, 11) is 1.40. The number of hydrogen-bond donors (Lipinski definition) is 1. The van der Waals surface area contributed by atoms with Gasteiger partial charge in [-0.3, -0.25) is 4.79 Å². The number of esters is 1. The molecule has 1 N–H and O–H groups in total. The first-order valence-electron chi connectivity index (χ1n) is 7.09. The molecule has 1 atom stereocenters. The van der Waals surface area contributed by atoms with Crippen molar-refractivity contribution < 1.29 is 9.53 Å². The summed E-state index contributed by atoms with van der Waals surface area (Å²) in [4.78, 5) is 15.7. The molecule has 0 saturated carbocycles. The number of aryl methyl sites for hydroxylation is 1. The van der Waals surface area contributed by atoms with E-state index in [1.54, 1.807) is 11.3 Å². The number of nitrogens with zero attached hydrogens (tertiary/aromatic N) is 1. The molecule has 1 aromatic carbocycles. The average Bonchev–Trinajstić information content (AvgIpc) is 2.94. The average molecular weight is 302 g/mol. The minimum Gasteiger partial charge on any atom is -0.469 e. The summed E-state index contributed by atoms with van der Waals surface area (Å²) in [6.07, 6.45) is 3.49. The van der Waals surface area contributed by atoms with Gasteiger partial charge in [-0.1, -0.05) is 24.3 Å². The van der Waals surface area contributed by atoms with E-state index < -0.39 is 0 Å². The van der Waals surface area contributed by atoms with Crippen LogP contribution in [0.4, 0.5) is 5.13 Å². The Kier molecular flexibility index (Phi) is 4.20. The molecule has 0 spiro atoms. The van der Waals surface area contributed by atoms with Crippen molar-refractivity contribution in [2.24, 2.45) is 0 Å². The standard InChI is InChI=1S/C16H18N2O2S/c1-20-15(19)9-14-10-21-16(18-14)17-13-7-6-11-4-2-3-5-12(11)8-13/h2-5,10,13H,6-9H2,1H3,(H,17,18). The summed E-state index contributed by atoms with van der Waals surface area (Å²) in [6, 6.07) is 9.03. The second-order valence-corrected chi connectivity index (χ2v) is 6.11. The van der Waals surface area contributed by atoms with Crippen LogP contribution >= 0.6 is 11.3 Å². The van der Waals surface area contributed by atoms with Crippen molar-refractivity contribution in [2.45, 2.75) is 31.7 Å². The van der Waals surface area contributed by atoms with Crippen LogP contribution in [-0.2, 0) is 28.8 Å². The Bertz CT molecular complexity index is 639. The SMILES string of the molecule is COC(=O)Cc1csc(NC2CCc3ccccc3C2)n1. The number of fused-ring (bicyclic) bond motifs is 1. The van der Waals surface area contributed by atoms with Gasteiger partial charge in [-0.25, -0.2) is 4.98 Å². The highest BCUT2D eigenvalue weighted by Crippen LogP contribution is 2.25. The smallest absolute Gasteiger partial charge is 0.311 e. The molecule has 1 unspecified atom stereocenters. The van der Waals surface area contributed by atoms with Crippen molar-refractivity contribution in [3.8, 4) is 0 Å². The molecule has 0 aliphatic heterocycles. The van der Waals surface area contributed by atoms with Crippen molar-refractivity contribution in [1.29, 1.82) is 0 Å². The van der Waals surface area contributed by atoms with E-state index in [1.165, 1.54) is 18.2 Å². The van der Waals surface area contributed by atoms with E-state index in [0.29, 0.717) is 6.04 Å². The zero-order valence-electron chi connectivity index (χ0n) is 12.0. The summed E-state index contributed by atoms with van der Waals surface area (Å²) in [5.41, 5.74) is 3.65. The molecular weight excluding hydrogens is 284 g/mol. The van der Waals surface area contributed by atoms with Gasteiger partial charge in [0.25, 0.3) is 0 Å². The molecule has 0 saturated heterocycles. The molecule has 21 heavy (non-hydrogen) atoms. The Hall–Kier alpha value is -1.88. The van der Waals surface area contributed by atoms with Crippen LogP contribution in [0.5, 0.6) is 0 Å². The van der Waals surface area contributed by atoms with Crippen LogP contribution in [0.15, 0.2) is 29.6 Å². The van der Waals surface area contributed by atoms with Crippen LogP contribution in [0.3, 0.4) is 0 Å². The van der Waals surface area contributed by atoms with Crippen molar-refractivity contribution in [3.05, 3.63) is 46.5 Å². The summed E-state index contributed by atoms with van der Waals surface area (Å²) in [5.74, 6) is -0.251. The van der Waals surface area contributed by atoms with Gasteiger partial charge < -0.3 is 10.1 Å². The first kappa shape index (κ1) is 14.1. The lowest BCUT2D eigenvalue weighted by atomic mass is 9.88. The van der Waals surface area contributed by atoms with Crippen LogP contribution in [0.1, 0.15) is 23.2 Å². The molecule has 0 fully saturated rings. The lowest BCUT2D eigenvalue weighted by Crippen LogP contribution is -2.27. The van der Waals surface area contributed by atoms with E-state index >= 15 is 0 Å². The quantitative estimate of drug-likeness (QED) is 0.882. The van der Waals surface area contributed by atoms with E-state index in [1.807, 2.05) is 5.38 Å². The van der Waals surface area contributed by atoms with Gasteiger partial charge in [0.1, 0.15) is 0 Å². The third-order valence-corrected chi connectivity index (χ3v) is 4.60. The van der Waals surface area contributed by atoms with Crippen LogP contribution < -0.4 is 5.32 Å². The molecular formula is C16H18N2O2S. The topological polar surface area (TPSA) is 51.2 Å². The molecule has 1 aromatic heterocycles. The van der Waals surface area contributed by atoms with Gasteiger partial charge in [-0.2, -0.15) is 0 Å². The monoisotopic (exact) mass is 302 g/mol. The van der Waals surface area contributed by atoms with Crippen molar-refractivity contribution in [2.75, 3.05) is 12.4 Å². The normalized spacial score (nSPS) is 17.1. The van der Waals surface area contributed by atoms with E-state index in [0.717, 1.165) is 30.1 Å². The van der Waals surface area contributed by atoms with Crippen LogP contribution in [0.2, 0.25) is 0 Å². The zero-order chi connectivity index (χ0) is 14.7. The fraction of sp³-hybridized carbons (Fsp3) is 0.375. The van der Waals surface area contributed by atoms with Crippen molar-refractivity contribution in [3.63, 3.8) is 0 Å². The zero-order valence-corrected chi connectivity index (χ0v) is 12.8. The number of aromatic nitrogens is 1. The molecule has 0 bridgehead atoms. The van der Waals surface area contributed by atoms with Gasteiger partial charge in [-0.05, 0) is 30.4 Å². The maximum Gasteiger partial charge on any atom is 0.311 e. The number of hydrogen-bond acceptors (Lipinski definition) is 5. The molecule has 1 heterocycles. The lowest BCUT2D eigenvalue weighted by Gasteiger charge is -2.25. The van der Waals surface area contributed by atoms with Gasteiger partial charge in [0.05, 0.1) is 19.2 Å². The van der Waals surface area contributed by atoms with E-state index in [-0.39, 0.29) is 12.4 Å². The Labute approximate surface area is 128 Å². The van der Waals surface area contributed by atoms with E-state index in [4.69, 9.17) is 0 Å². The maximum atomic E-state index is 11.2. The number of rotatable bonds is 4. The molecule has 0 radical (unpaired) electrons. The number of carbonyl (C=O) groups excluding carboxylic acids is 1. The largest absolute Gasteiger partial charge is 0.469 e. The van der Waals surface area contributed by atoms with Crippen LogP contribution in [0, 0.1) is 0 Å². The van der Waals surface area contributed by atoms with Gasteiger partial charge in [0.15, 0.2) is 5.13 Å². The third-order valence-electron chi connectivity index (χ3n) is 3.78. The minimum absolute atomic E-state index is 0.238. The maximum absolute atomic E-state index is 11.2. The van der Waals surface area contributed by atoms with Gasteiger partial charge in [0, 0.05) is 11.4 Å². The number of thiazole rings is 1. The first-order chi connectivity index (χ1) is 10.2. The Balaban J connectivity index is 1.62. The fourth-order valence-corrected chi connectivity index (χ4v) is 3.46. The third kappa shape index (κ3) is 3.42. The van der Waals surface area contributed by atoms with Gasteiger partial charge in [-0.15, -0.1) is 11.3 Å². The van der Waals surface area contributed by atoms with E-state index in [9.17, 15) is 4.79 Å². The number of methoxy groups -OCH3 is 1. The molecule has 0 amide bonds. The minimum atomic E-state index is -0.251. The number of carbonyl (C=O) groups is 1. The summed E-state index contributed by atoms with van der Waals surface area (Å²) in [6.45, 7) is 0. The molecule has 5 heteroatoms. The number of benzene rings is 1. The van der Waals surface area contributed by atoms with Crippen molar-refractivity contribution in [1.82, 2.24) is 4.98 Å². The van der Waals surface area contributed by atoms with E-state index in [2.05, 4.69) is 39.3 Å². The first-order valence-corrected chi connectivity index (χ1v) is 7.97. The summed E-state index contributed by atoms with van der Waals surface area (Å²) in [5, 5.41) is 6.29. The molecule has 110 valence electrons. The summed E-state index contributed by atoms with van der Waals surface area (Å²) >= 11 is 1.55. The predicted octanol–water partition coefficient (Wildman–Crippen LogP) is 2.83. The Morgan fingerprint density at radius 2 is 2.24 bits per heavy atom. The lowest BCUT2D eigenvalue weighted by molar-refractivity contribution is -0.139. The number of nitrogens with one attached hydrogen (secondary N) is 1. The fourth-order valence-electron chi connectivity index (χ4n) is 2.67. The molecule has 1 aliphatic rings. The second-order valence-electron chi connectivity index (χ2n) is 5.25. The highest BCUT2D eigenvalue weighted by atomic mass is 32.1. The summed E-state index contributed by atoms with van der Waals surface area (Å²) < 4.78 is 4.66. The van der Waals surface area contributed by atoms with Crippen molar-refractivity contribution >= 4 is 22.4 Å². The van der Waals surface area contributed by atoms with Gasteiger partial charge in [0.2, 0.25) is 0 Å². The van der Waals surface area contributed by atoms with Gasteiger partial charge >= 0.3 is 5.97 Å². The predicted molar refractivity (Wildman–Crippen MR) is 83.7 cm³/mol. The van der Waals surface area contributed by atoms with Crippen LogP contribution in [-0.4, -0.2) is 24.1 Å². The molecule has 1 aliphatic carbocycles. The number of ether oxygens (including phenoxy) is 1. The Morgan fingerprint density at radius 1 is 1.43 bits per heavy atom. The highest BCUT2D eigenvalue weighted by Gasteiger charge is 2.19. The second kappa shape index (κ2) is 6.26. The number of anilines is 1. The molecule has 3 rings (SSSR count).